The number of esters is 1. The molecule has 0 aliphatic rings. The van der Waals surface area contributed by atoms with E-state index in [0.29, 0.717) is 12.3 Å². The van der Waals surface area contributed by atoms with Crippen LogP contribution in [0, 0.1) is 5.92 Å². The van der Waals surface area contributed by atoms with Crippen molar-refractivity contribution in [3.05, 3.63) is 24.3 Å². The zero-order valence-corrected chi connectivity index (χ0v) is 17.0. The van der Waals surface area contributed by atoms with Crippen molar-refractivity contribution in [3.63, 3.8) is 0 Å². The molecule has 1 aromatic carbocycles. The first-order valence-electron chi connectivity index (χ1n) is 8.51. The van der Waals surface area contributed by atoms with Crippen LogP contribution in [-0.4, -0.2) is 52.6 Å². The Morgan fingerprint density at radius 1 is 1.11 bits per heavy atom. The maximum absolute atomic E-state index is 12.5. The van der Waals surface area contributed by atoms with E-state index >= 15 is 0 Å². The van der Waals surface area contributed by atoms with Crippen molar-refractivity contribution >= 4 is 27.9 Å². The van der Waals surface area contributed by atoms with Crippen LogP contribution < -0.4 is 20.1 Å². The second kappa shape index (κ2) is 10.6. The van der Waals surface area contributed by atoms with E-state index in [0.717, 1.165) is 0 Å². The number of rotatable bonds is 9. The van der Waals surface area contributed by atoms with Crippen LogP contribution in [0.1, 0.15) is 20.8 Å². The number of hydrogen-bond acceptors (Lipinski definition) is 7. The Labute approximate surface area is 164 Å². The SMILES string of the molecule is CCNC(=O)NC(=O)COC(=O)[C@@H](NS(=O)(=O)c1ccc(OC)cc1)C(C)C. The van der Waals surface area contributed by atoms with Crippen molar-refractivity contribution in [2.45, 2.75) is 31.7 Å². The van der Waals surface area contributed by atoms with Crippen molar-refractivity contribution in [2.75, 3.05) is 20.3 Å². The summed E-state index contributed by atoms with van der Waals surface area (Å²) in [5, 5.41) is 4.32. The number of imide groups is 1. The van der Waals surface area contributed by atoms with Crippen molar-refractivity contribution in [1.29, 1.82) is 0 Å². The Balaban J connectivity index is 2.76. The van der Waals surface area contributed by atoms with Crippen molar-refractivity contribution in [1.82, 2.24) is 15.4 Å². The summed E-state index contributed by atoms with van der Waals surface area (Å²) in [7, 11) is -2.56. The van der Waals surface area contributed by atoms with Gasteiger partial charge in [-0.05, 0) is 37.1 Å². The minimum absolute atomic E-state index is 0.0549. The summed E-state index contributed by atoms with van der Waals surface area (Å²) in [6.07, 6.45) is 0. The molecule has 1 atom stereocenters. The first-order chi connectivity index (χ1) is 13.1. The molecule has 0 aliphatic carbocycles. The molecule has 10 nitrogen and oxygen atoms in total. The van der Waals surface area contributed by atoms with Gasteiger partial charge in [-0.15, -0.1) is 0 Å². The lowest BCUT2D eigenvalue weighted by Gasteiger charge is -2.20. The summed E-state index contributed by atoms with van der Waals surface area (Å²) < 4.78 is 37.1. The Hall–Kier alpha value is -2.66. The minimum Gasteiger partial charge on any atom is -0.497 e. The van der Waals surface area contributed by atoms with Gasteiger partial charge in [0, 0.05) is 6.54 Å². The fraction of sp³-hybridized carbons (Fsp3) is 0.471. The van der Waals surface area contributed by atoms with Crippen molar-refractivity contribution in [2.24, 2.45) is 5.92 Å². The molecular weight excluding hydrogens is 390 g/mol. The number of ether oxygens (including phenoxy) is 2. The number of hydrogen-bond donors (Lipinski definition) is 3. The fourth-order valence-electron chi connectivity index (χ4n) is 2.04. The predicted octanol–water partition coefficient (Wildman–Crippen LogP) is 0.387. The summed E-state index contributed by atoms with van der Waals surface area (Å²) in [5.41, 5.74) is 0. The van der Waals surface area contributed by atoms with Crippen LogP contribution in [0.15, 0.2) is 29.2 Å². The molecule has 11 heteroatoms. The summed E-state index contributed by atoms with van der Waals surface area (Å²) in [6, 6.07) is 3.69. The summed E-state index contributed by atoms with van der Waals surface area (Å²) in [5.74, 6) is -1.73. The number of sulfonamides is 1. The quantitative estimate of drug-likeness (QED) is 0.496. The van der Waals surface area contributed by atoms with Gasteiger partial charge in [0.2, 0.25) is 10.0 Å². The fourth-order valence-corrected chi connectivity index (χ4v) is 3.37. The molecule has 28 heavy (non-hydrogen) atoms. The highest BCUT2D eigenvalue weighted by Crippen LogP contribution is 2.17. The monoisotopic (exact) mass is 415 g/mol. The Kier molecular flexibility index (Phi) is 8.86. The second-order valence-corrected chi connectivity index (χ2v) is 7.75. The molecular formula is C17H25N3O7S. The van der Waals surface area contributed by atoms with Crippen LogP contribution in [-0.2, 0) is 24.3 Å². The van der Waals surface area contributed by atoms with E-state index in [-0.39, 0.29) is 4.90 Å². The molecule has 0 bridgehead atoms. The Morgan fingerprint density at radius 2 is 1.71 bits per heavy atom. The first-order valence-corrected chi connectivity index (χ1v) is 9.99. The standard InChI is InChI=1S/C17H25N3O7S/c1-5-18-17(23)19-14(21)10-27-16(22)15(11(2)3)20-28(24,25)13-8-6-12(26-4)7-9-13/h6-9,11,15,20H,5,10H2,1-4H3,(H2,18,19,21,23)/t15-/m0/s1. The molecule has 3 N–H and O–H groups in total. The minimum atomic E-state index is -4.01. The van der Waals surface area contributed by atoms with Gasteiger partial charge in [0.25, 0.3) is 5.91 Å². The Morgan fingerprint density at radius 3 is 2.21 bits per heavy atom. The number of nitrogens with one attached hydrogen (secondary N) is 3. The average Bonchev–Trinajstić information content (AvgIpc) is 2.64. The van der Waals surface area contributed by atoms with Crippen LogP contribution in [0.5, 0.6) is 5.75 Å². The number of benzene rings is 1. The number of carbonyl (C=O) groups excluding carboxylic acids is 3. The highest BCUT2D eigenvalue weighted by Gasteiger charge is 2.30. The van der Waals surface area contributed by atoms with Crippen LogP contribution in [0.3, 0.4) is 0 Å². The number of urea groups is 1. The molecule has 0 spiro atoms. The van der Waals surface area contributed by atoms with Gasteiger partial charge in [-0.3, -0.25) is 14.9 Å². The lowest BCUT2D eigenvalue weighted by atomic mass is 10.1. The normalized spacial score (nSPS) is 12.2. The van der Waals surface area contributed by atoms with E-state index in [1.807, 2.05) is 5.32 Å². The van der Waals surface area contributed by atoms with Crippen LogP contribution in [0.25, 0.3) is 0 Å². The largest absolute Gasteiger partial charge is 0.497 e. The Bertz CT molecular complexity index is 791. The lowest BCUT2D eigenvalue weighted by Crippen LogP contribution is -2.47. The third-order valence-electron chi connectivity index (χ3n) is 3.51. The molecule has 0 fully saturated rings. The molecule has 0 saturated heterocycles. The van der Waals surface area contributed by atoms with Gasteiger partial charge >= 0.3 is 12.0 Å². The van der Waals surface area contributed by atoms with Crippen molar-refractivity contribution < 1.29 is 32.3 Å². The molecule has 0 saturated carbocycles. The second-order valence-electron chi connectivity index (χ2n) is 6.03. The number of methoxy groups -OCH3 is 1. The van der Waals surface area contributed by atoms with Crippen LogP contribution >= 0.6 is 0 Å². The molecule has 156 valence electrons. The van der Waals surface area contributed by atoms with Crippen molar-refractivity contribution in [3.8, 4) is 5.75 Å². The molecule has 1 rings (SSSR count). The molecule has 1 aromatic rings. The maximum Gasteiger partial charge on any atom is 0.324 e. The van der Waals surface area contributed by atoms with Gasteiger partial charge in [0.15, 0.2) is 6.61 Å². The first kappa shape index (κ1) is 23.4. The average molecular weight is 415 g/mol. The molecule has 0 unspecified atom stereocenters. The molecule has 0 aliphatic heterocycles. The maximum atomic E-state index is 12.5. The van der Waals surface area contributed by atoms with Gasteiger partial charge in [-0.25, -0.2) is 13.2 Å². The third-order valence-corrected chi connectivity index (χ3v) is 4.97. The number of carbonyl (C=O) groups is 3. The summed E-state index contributed by atoms with van der Waals surface area (Å²) in [4.78, 5) is 35.0. The number of amides is 3. The highest BCUT2D eigenvalue weighted by atomic mass is 32.2. The molecule has 0 heterocycles. The molecule has 0 radical (unpaired) electrons. The van der Waals surface area contributed by atoms with Gasteiger partial charge in [-0.1, -0.05) is 13.8 Å². The zero-order chi connectivity index (χ0) is 21.3. The third kappa shape index (κ3) is 7.16. The summed E-state index contributed by atoms with van der Waals surface area (Å²) in [6.45, 7) is 4.52. The van der Waals surface area contributed by atoms with E-state index in [1.54, 1.807) is 20.8 Å². The molecule has 0 aromatic heterocycles. The van der Waals surface area contributed by atoms with Gasteiger partial charge in [0.1, 0.15) is 11.8 Å². The lowest BCUT2D eigenvalue weighted by molar-refractivity contribution is -0.150. The van der Waals surface area contributed by atoms with E-state index in [2.05, 4.69) is 10.0 Å². The van der Waals surface area contributed by atoms with Crippen LogP contribution in [0.4, 0.5) is 4.79 Å². The van der Waals surface area contributed by atoms with Crippen LogP contribution in [0.2, 0.25) is 0 Å². The zero-order valence-electron chi connectivity index (χ0n) is 16.1. The van der Waals surface area contributed by atoms with E-state index in [4.69, 9.17) is 9.47 Å². The summed E-state index contributed by atoms with van der Waals surface area (Å²) >= 11 is 0. The van der Waals surface area contributed by atoms with Gasteiger partial charge < -0.3 is 14.8 Å². The van der Waals surface area contributed by atoms with Gasteiger partial charge in [-0.2, -0.15) is 4.72 Å². The highest BCUT2D eigenvalue weighted by molar-refractivity contribution is 7.89. The van der Waals surface area contributed by atoms with E-state index in [1.165, 1.54) is 31.4 Å². The van der Waals surface area contributed by atoms with E-state index in [9.17, 15) is 22.8 Å². The smallest absolute Gasteiger partial charge is 0.324 e. The predicted molar refractivity (Wildman–Crippen MR) is 100 cm³/mol. The molecule has 3 amide bonds. The topological polar surface area (TPSA) is 140 Å². The van der Waals surface area contributed by atoms with Gasteiger partial charge in [0.05, 0.1) is 12.0 Å². The van der Waals surface area contributed by atoms with E-state index < -0.39 is 46.5 Å².